The second-order valence-corrected chi connectivity index (χ2v) is 6.02. The highest BCUT2D eigenvalue weighted by molar-refractivity contribution is 7.98. The van der Waals surface area contributed by atoms with Gasteiger partial charge in [-0.05, 0) is 19.2 Å². The van der Waals surface area contributed by atoms with Crippen molar-refractivity contribution in [2.24, 2.45) is 0 Å². The predicted octanol–water partition coefficient (Wildman–Crippen LogP) is 2.31. The minimum absolute atomic E-state index is 0.0352. The molecule has 1 aromatic heterocycles. The summed E-state index contributed by atoms with van der Waals surface area (Å²) in [4.78, 5) is 14.9. The molecule has 1 unspecified atom stereocenters. The molecule has 0 saturated carbocycles. The summed E-state index contributed by atoms with van der Waals surface area (Å²) in [7, 11) is 1.83. The van der Waals surface area contributed by atoms with Crippen molar-refractivity contribution in [3.63, 3.8) is 0 Å². The molecule has 5 heteroatoms. The number of rotatable bonds is 5. The van der Waals surface area contributed by atoms with Gasteiger partial charge >= 0.3 is 0 Å². The molecule has 1 N–H and O–H groups in total. The summed E-state index contributed by atoms with van der Waals surface area (Å²) in [6.07, 6.45) is 2.50. The molecule has 0 spiro atoms. The zero-order valence-electron chi connectivity index (χ0n) is 11.5. The average Bonchev–Trinajstić information content (AvgIpc) is 2.86. The highest BCUT2D eigenvalue weighted by Gasteiger charge is 2.18. The molecule has 0 fully saturated rings. The van der Waals surface area contributed by atoms with Gasteiger partial charge in [-0.25, -0.2) is 0 Å². The molecule has 0 saturated heterocycles. The van der Waals surface area contributed by atoms with Gasteiger partial charge in [0.2, 0.25) is 0 Å². The molecule has 0 aliphatic carbocycles. The van der Waals surface area contributed by atoms with Gasteiger partial charge in [-0.3, -0.25) is 4.79 Å². The molecule has 0 bridgehead atoms. The Balaban J connectivity index is 2.71. The van der Waals surface area contributed by atoms with Crippen LogP contribution < -0.4 is 0 Å². The first-order valence-electron chi connectivity index (χ1n) is 6.04. The van der Waals surface area contributed by atoms with E-state index in [1.54, 1.807) is 16.7 Å². The van der Waals surface area contributed by atoms with Gasteiger partial charge in [-0.1, -0.05) is 11.8 Å². The number of aliphatic hydroxyl groups is 1. The van der Waals surface area contributed by atoms with Crippen molar-refractivity contribution >= 4 is 29.0 Å². The highest BCUT2D eigenvalue weighted by atomic mass is 32.2. The summed E-state index contributed by atoms with van der Waals surface area (Å²) >= 11 is 3.19. The zero-order valence-corrected chi connectivity index (χ0v) is 13.1. The van der Waals surface area contributed by atoms with Gasteiger partial charge in [0.25, 0.3) is 5.91 Å². The Morgan fingerprint density at radius 2 is 2.37 bits per heavy atom. The molecule has 3 nitrogen and oxygen atoms in total. The van der Waals surface area contributed by atoms with E-state index in [-0.39, 0.29) is 18.6 Å². The maximum Gasteiger partial charge on any atom is 0.254 e. The second-order valence-electron chi connectivity index (χ2n) is 4.20. The van der Waals surface area contributed by atoms with Crippen LogP contribution in [0, 0.1) is 11.8 Å². The van der Waals surface area contributed by atoms with Crippen LogP contribution in [0.25, 0.3) is 0 Å². The number of hydrogen-bond donors (Lipinski definition) is 1. The SMILES string of the molecule is CSCC(C)N(C)C(=O)c1csc(C#CCCO)c1. The smallest absolute Gasteiger partial charge is 0.254 e. The van der Waals surface area contributed by atoms with E-state index >= 15 is 0 Å². The number of nitrogens with zero attached hydrogens (tertiary/aromatic N) is 1. The van der Waals surface area contributed by atoms with E-state index in [0.717, 1.165) is 10.6 Å². The summed E-state index contributed by atoms with van der Waals surface area (Å²) in [5.74, 6) is 6.77. The molecular formula is C14H19NO2S2. The maximum absolute atomic E-state index is 12.2. The van der Waals surface area contributed by atoms with Crippen LogP contribution in [0.15, 0.2) is 11.4 Å². The lowest BCUT2D eigenvalue weighted by molar-refractivity contribution is 0.0758. The fourth-order valence-corrected chi connectivity index (χ4v) is 2.93. The quantitative estimate of drug-likeness (QED) is 0.848. The van der Waals surface area contributed by atoms with Gasteiger partial charge in [0.15, 0.2) is 0 Å². The van der Waals surface area contributed by atoms with Crippen LogP contribution in [0.1, 0.15) is 28.6 Å². The first-order chi connectivity index (χ1) is 9.10. The Morgan fingerprint density at radius 1 is 1.63 bits per heavy atom. The van der Waals surface area contributed by atoms with Crippen LogP contribution in [0.5, 0.6) is 0 Å². The lowest BCUT2D eigenvalue weighted by atomic mass is 10.2. The standard InChI is InChI=1S/C14H19NO2S2/c1-11(9-18-3)15(2)14(17)12-8-13(19-10-12)6-4-5-7-16/h8,10-11,16H,5,7,9H2,1-3H3. The van der Waals surface area contributed by atoms with E-state index in [9.17, 15) is 4.79 Å². The third-order valence-electron chi connectivity index (χ3n) is 2.68. The number of aliphatic hydroxyl groups excluding tert-OH is 1. The van der Waals surface area contributed by atoms with Crippen LogP contribution in [-0.4, -0.2) is 47.6 Å². The summed E-state index contributed by atoms with van der Waals surface area (Å²) in [5.41, 5.74) is 0.689. The van der Waals surface area contributed by atoms with Gasteiger partial charge in [0.05, 0.1) is 17.0 Å². The van der Waals surface area contributed by atoms with E-state index in [4.69, 9.17) is 5.11 Å². The van der Waals surface area contributed by atoms with E-state index in [2.05, 4.69) is 11.8 Å². The Kier molecular flexibility index (Phi) is 7.00. The minimum atomic E-state index is 0.0352. The molecule has 0 aliphatic rings. The van der Waals surface area contributed by atoms with Crippen LogP contribution in [0.4, 0.5) is 0 Å². The molecule has 1 aromatic rings. The summed E-state index contributed by atoms with van der Waals surface area (Å²) in [6.45, 7) is 2.11. The predicted molar refractivity (Wildman–Crippen MR) is 82.8 cm³/mol. The van der Waals surface area contributed by atoms with Crippen molar-refractivity contribution in [1.29, 1.82) is 0 Å². The van der Waals surface area contributed by atoms with E-state index < -0.39 is 0 Å². The lowest BCUT2D eigenvalue weighted by Crippen LogP contribution is -2.36. The van der Waals surface area contributed by atoms with Gasteiger partial charge in [-0.15, -0.1) is 11.3 Å². The number of carbonyl (C=O) groups is 1. The molecule has 0 aromatic carbocycles. The van der Waals surface area contributed by atoms with Crippen molar-refractivity contribution in [1.82, 2.24) is 4.90 Å². The van der Waals surface area contributed by atoms with Crippen LogP contribution >= 0.6 is 23.1 Å². The van der Waals surface area contributed by atoms with E-state index in [1.165, 1.54) is 11.3 Å². The Labute approximate surface area is 123 Å². The average molecular weight is 297 g/mol. The van der Waals surface area contributed by atoms with Crippen LogP contribution in [0.2, 0.25) is 0 Å². The maximum atomic E-state index is 12.2. The van der Waals surface area contributed by atoms with Gasteiger partial charge in [-0.2, -0.15) is 11.8 Å². The molecule has 1 amide bonds. The van der Waals surface area contributed by atoms with Crippen molar-refractivity contribution in [2.45, 2.75) is 19.4 Å². The van der Waals surface area contributed by atoms with Crippen molar-refractivity contribution < 1.29 is 9.90 Å². The number of hydrogen-bond acceptors (Lipinski definition) is 4. The van der Waals surface area contributed by atoms with Crippen molar-refractivity contribution in [3.05, 3.63) is 21.9 Å². The summed E-state index contributed by atoms with van der Waals surface area (Å²) < 4.78 is 0. The fourth-order valence-electron chi connectivity index (χ4n) is 1.48. The Hall–Kier alpha value is -0.960. The number of carbonyl (C=O) groups excluding carboxylic acids is 1. The summed E-state index contributed by atoms with van der Waals surface area (Å²) in [6, 6.07) is 2.03. The van der Waals surface area contributed by atoms with Gasteiger partial charge < -0.3 is 10.0 Å². The molecular weight excluding hydrogens is 278 g/mol. The molecule has 1 heterocycles. The third-order valence-corrected chi connectivity index (χ3v) is 4.35. The Morgan fingerprint density at radius 3 is 3.00 bits per heavy atom. The first-order valence-corrected chi connectivity index (χ1v) is 8.31. The largest absolute Gasteiger partial charge is 0.395 e. The highest BCUT2D eigenvalue weighted by Crippen LogP contribution is 2.16. The first kappa shape index (κ1) is 16.1. The lowest BCUT2D eigenvalue weighted by Gasteiger charge is -2.23. The normalized spacial score (nSPS) is 11.6. The van der Waals surface area contributed by atoms with Gasteiger partial charge in [0.1, 0.15) is 0 Å². The third kappa shape index (κ3) is 4.90. The molecule has 0 aliphatic heterocycles. The molecule has 104 valence electrons. The molecule has 19 heavy (non-hydrogen) atoms. The number of amides is 1. The Bertz CT molecular complexity index is 473. The number of thiophene rings is 1. The number of thioether (sulfide) groups is 1. The summed E-state index contributed by atoms with van der Waals surface area (Å²) in [5, 5.41) is 10.5. The van der Waals surface area contributed by atoms with Crippen LogP contribution in [0.3, 0.4) is 0 Å². The van der Waals surface area contributed by atoms with Crippen molar-refractivity contribution in [3.8, 4) is 11.8 Å². The molecule has 1 atom stereocenters. The molecule has 0 radical (unpaired) electrons. The van der Waals surface area contributed by atoms with Crippen LogP contribution in [-0.2, 0) is 0 Å². The van der Waals surface area contributed by atoms with Crippen molar-refractivity contribution in [2.75, 3.05) is 25.7 Å². The zero-order chi connectivity index (χ0) is 14.3. The fraction of sp³-hybridized carbons (Fsp3) is 0.500. The van der Waals surface area contributed by atoms with Gasteiger partial charge in [0, 0.05) is 30.6 Å². The van der Waals surface area contributed by atoms with E-state index in [1.807, 2.05) is 31.7 Å². The minimum Gasteiger partial charge on any atom is -0.395 e. The topological polar surface area (TPSA) is 40.5 Å². The second kappa shape index (κ2) is 8.26. The molecule has 1 rings (SSSR count). The monoisotopic (exact) mass is 297 g/mol. The van der Waals surface area contributed by atoms with E-state index in [0.29, 0.717) is 12.0 Å².